The molecule has 2 aromatic heterocycles. The van der Waals surface area contributed by atoms with E-state index in [4.69, 9.17) is 20.8 Å². The lowest BCUT2D eigenvalue weighted by Crippen LogP contribution is -2.36. The number of rotatable bonds is 2. The first-order valence-electron chi connectivity index (χ1n) is 8.81. The number of H-pyrrole nitrogens is 1. The lowest BCUT2D eigenvalue weighted by atomic mass is 10.1. The summed E-state index contributed by atoms with van der Waals surface area (Å²) in [5, 5.41) is 1.59. The molecule has 7 heteroatoms. The number of aromatic amines is 1. The van der Waals surface area contributed by atoms with Crippen LogP contribution in [0.4, 0.5) is 0 Å². The number of hydrogen-bond donors (Lipinski definition) is 1. The average Bonchev–Trinajstić information content (AvgIpc) is 3.37. The Morgan fingerprint density at radius 3 is 3.12 bits per heavy atom. The molecule has 1 amide bonds. The number of nitrogens with zero attached hydrogens (tertiary/aromatic N) is 2. The number of carbonyl (C=O) groups excluding carboxylic acids is 1. The number of ether oxygens (including phenoxy) is 1. The molecule has 0 spiro atoms. The van der Waals surface area contributed by atoms with Crippen molar-refractivity contribution in [3.8, 4) is 0 Å². The summed E-state index contributed by atoms with van der Waals surface area (Å²) in [4.78, 5) is 22.6. The molecule has 26 heavy (non-hydrogen) atoms. The number of amides is 1. The van der Waals surface area contributed by atoms with Crippen LogP contribution in [0.2, 0.25) is 5.02 Å². The monoisotopic (exact) mass is 371 g/mol. The van der Waals surface area contributed by atoms with Gasteiger partial charge in [-0.1, -0.05) is 11.6 Å². The minimum Gasteiger partial charge on any atom is -0.445 e. The normalized spacial score (nSPS) is 19.9. The number of hydrogen-bond acceptors (Lipinski definition) is 4. The summed E-state index contributed by atoms with van der Waals surface area (Å²) in [6.07, 6.45) is 1.63. The molecule has 1 fully saturated rings. The summed E-state index contributed by atoms with van der Waals surface area (Å²) >= 11 is 6.03. The van der Waals surface area contributed by atoms with Crippen LogP contribution in [-0.2, 0) is 17.7 Å². The fourth-order valence-corrected chi connectivity index (χ4v) is 3.87. The van der Waals surface area contributed by atoms with E-state index in [0.717, 1.165) is 41.3 Å². The topological polar surface area (TPSA) is 71.4 Å². The van der Waals surface area contributed by atoms with Gasteiger partial charge in [-0.15, -0.1) is 0 Å². The zero-order chi connectivity index (χ0) is 17.7. The van der Waals surface area contributed by atoms with Gasteiger partial charge in [0.2, 0.25) is 0 Å². The van der Waals surface area contributed by atoms with Crippen LogP contribution in [0.15, 0.2) is 28.7 Å². The van der Waals surface area contributed by atoms with Crippen molar-refractivity contribution in [3.63, 3.8) is 0 Å². The SMILES string of the molecule is O=C(c1cc2cc(Cl)ccc2[nH]1)N1CCc2oc(C3CCOC3)nc2C1. The van der Waals surface area contributed by atoms with E-state index in [1.54, 1.807) is 0 Å². The van der Waals surface area contributed by atoms with Gasteiger partial charge in [-0.05, 0) is 30.7 Å². The Balaban J connectivity index is 1.38. The molecule has 1 aromatic carbocycles. The van der Waals surface area contributed by atoms with Crippen LogP contribution in [0, 0.1) is 0 Å². The molecule has 6 nitrogen and oxygen atoms in total. The summed E-state index contributed by atoms with van der Waals surface area (Å²) < 4.78 is 11.4. The van der Waals surface area contributed by atoms with Gasteiger partial charge >= 0.3 is 0 Å². The molecular weight excluding hydrogens is 354 g/mol. The minimum atomic E-state index is -0.0308. The van der Waals surface area contributed by atoms with Crippen molar-refractivity contribution in [2.45, 2.75) is 25.3 Å². The van der Waals surface area contributed by atoms with E-state index < -0.39 is 0 Å². The maximum absolute atomic E-state index is 12.9. The third-order valence-electron chi connectivity index (χ3n) is 5.12. The summed E-state index contributed by atoms with van der Waals surface area (Å²) in [5.41, 5.74) is 2.34. The second-order valence-electron chi connectivity index (χ2n) is 6.87. The Hall–Kier alpha value is -2.31. The highest BCUT2D eigenvalue weighted by molar-refractivity contribution is 6.31. The first-order chi connectivity index (χ1) is 12.7. The quantitative estimate of drug-likeness (QED) is 0.748. The molecule has 1 N–H and O–H groups in total. The van der Waals surface area contributed by atoms with E-state index in [0.29, 0.717) is 36.8 Å². The number of nitrogens with one attached hydrogen (secondary N) is 1. The van der Waals surface area contributed by atoms with E-state index >= 15 is 0 Å². The highest BCUT2D eigenvalue weighted by atomic mass is 35.5. The van der Waals surface area contributed by atoms with Crippen LogP contribution in [0.25, 0.3) is 10.9 Å². The molecule has 3 aromatic rings. The summed E-state index contributed by atoms with van der Waals surface area (Å²) in [5.74, 6) is 1.86. The molecular formula is C19H18ClN3O3. The van der Waals surface area contributed by atoms with E-state index in [2.05, 4.69) is 9.97 Å². The van der Waals surface area contributed by atoms with Crippen LogP contribution in [-0.4, -0.2) is 40.5 Å². The zero-order valence-corrected chi connectivity index (χ0v) is 14.9. The highest BCUT2D eigenvalue weighted by Crippen LogP contribution is 2.29. The summed E-state index contributed by atoms with van der Waals surface area (Å²) in [6, 6.07) is 7.40. The van der Waals surface area contributed by atoms with Gasteiger partial charge in [0.05, 0.1) is 19.1 Å². The second-order valence-corrected chi connectivity index (χ2v) is 7.31. The van der Waals surface area contributed by atoms with E-state index in [-0.39, 0.29) is 11.8 Å². The Bertz CT molecular complexity index is 987. The van der Waals surface area contributed by atoms with Crippen molar-refractivity contribution >= 4 is 28.4 Å². The molecule has 4 heterocycles. The molecule has 134 valence electrons. The van der Waals surface area contributed by atoms with Gasteiger partial charge in [-0.3, -0.25) is 4.79 Å². The summed E-state index contributed by atoms with van der Waals surface area (Å²) in [6.45, 7) is 2.52. The molecule has 0 bridgehead atoms. The number of fused-ring (bicyclic) bond motifs is 2. The van der Waals surface area contributed by atoms with Crippen LogP contribution in [0.3, 0.4) is 0 Å². The number of aromatic nitrogens is 2. The Morgan fingerprint density at radius 1 is 1.35 bits per heavy atom. The Morgan fingerprint density at radius 2 is 2.27 bits per heavy atom. The maximum Gasteiger partial charge on any atom is 0.270 e. The lowest BCUT2D eigenvalue weighted by molar-refractivity contribution is 0.0723. The molecule has 5 rings (SSSR count). The highest BCUT2D eigenvalue weighted by Gasteiger charge is 2.30. The first-order valence-corrected chi connectivity index (χ1v) is 9.19. The standard InChI is InChI=1S/C19H18ClN3O3/c20-13-1-2-14-12(7-13)8-15(21-14)19(24)23-5-3-17-16(9-23)22-18(26-17)11-4-6-25-10-11/h1-2,7-8,11,21H,3-6,9-10H2. The lowest BCUT2D eigenvalue weighted by Gasteiger charge is -2.24. The van der Waals surface area contributed by atoms with Crippen molar-refractivity contribution in [1.29, 1.82) is 0 Å². The van der Waals surface area contributed by atoms with Crippen molar-refractivity contribution in [1.82, 2.24) is 14.9 Å². The fraction of sp³-hybridized carbons (Fsp3) is 0.368. The molecule has 0 radical (unpaired) electrons. The zero-order valence-electron chi connectivity index (χ0n) is 14.1. The van der Waals surface area contributed by atoms with Gasteiger partial charge < -0.3 is 19.0 Å². The second kappa shape index (κ2) is 6.14. The Labute approximate surface area is 155 Å². The fourth-order valence-electron chi connectivity index (χ4n) is 3.68. The molecule has 2 aliphatic rings. The summed E-state index contributed by atoms with van der Waals surface area (Å²) in [7, 11) is 0. The average molecular weight is 372 g/mol. The molecule has 0 aliphatic carbocycles. The third-order valence-corrected chi connectivity index (χ3v) is 5.36. The first kappa shape index (κ1) is 15.9. The minimum absolute atomic E-state index is 0.0308. The predicted molar refractivity (Wildman–Crippen MR) is 96.4 cm³/mol. The van der Waals surface area contributed by atoms with Gasteiger partial charge in [0.25, 0.3) is 5.91 Å². The molecule has 1 atom stereocenters. The van der Waals surface area contributed by atoms with Crippen molar-refractivity contribution in [2.24, 2.45) is 0 Å². The van der Waals surface area contributed by atoms with Gasteiger partial charge in [0.15, 0.2) is 5.89 Å². The van der Waals surface area contributed by atoms with E-state index in [1.165, 1.54) is 0 Å². The smallest absolute Gasteiger partial charge is 0.270 e. The van der Waals surface area contributed by atoms with Crippen molar-refractivity contribution < 1.29 is 13.9 Å². The number of halogens is 1. The molecule has 1 saturated heterocycles. The maximum atomic E-state index is 12.9. The van der Waals surface area contributed by atoms with Gasteiger partial charge in [-0.25, -0.2) is 4.98 Å². The van der Waals surface area contributed by atoms with E-state index in [9.17, 15) is 4.79 Å². The third kappa shape index (κ3) is 2.70. The van der Waals surface area contributed by atoms with Crippen LogP contribution >= 0.6 is 11.6 Å². The predicted octanol–water partition coefficient (Wildman–Crippen LogP) is 3.51. The van der Waals surface area contributed by atoms with Crippen LogP contribution in [0.5, 0.6) is 0 Å². The van der Waals surface area contributed by atoms with Crippen molar-refractivity contribution in [3.05, 3.63) is 52.3 Å². The van der Waals surface area contributed by atoms with Crippen LogP contribution < -0.4 is 0 Å². The van der Waals surface area contributed by atoms with E-state index in [1.807, 2.05) is 29.2 Å². The van der Waals surface area contributed by atoms with Crippen molar-refractivity contribution in [2.75, 3.05) is 19.8 Å². The molecule has 0 saturated carbocycles. The van der Waals surface area contributed by atoms with Gasteiger partial charge in [-0.2, -0.15) is 0 Å². The van der Waals surface area contributed by atoms with Crippen LogP contribution in [0.1, 0.15) is 40.2 Å². The number of carbonyl (C=O) groups is 1. The molecule has 2 aliphatic heterocycles. The number of benzene rings is 1. The Kier molecular flexibility index (Phi) is 3.76. The van der Waals surface area contributed by atoms with Gasteiger partial charge in [0.1, 0.15) is 17.1 Å². The largest absolute Gasteiger partial charge is 0.445 e. The van der Waals surface area contributed by atoms with Gasteiger partial charge in [0, 0.05) is 35.5 Å². The molecule has 1 unspecified atom stereocenters. The number of oxazole rings is 1.